The van der Waals surface area contributed by atoms with Gasteiger partial charge in [0, 0.05) is 6.42 Å². The highest BCUT2D eigenvalue weighted by Gasteiger charge is 2.59. The second kappa shape index (κ2) is 5.43. The summed E-state index contributed by atoms with van der Waals surface area (Å²) in [6.45, 7) is 1.46. The average molecular weight is 294 g/mol. The Bertz CT molecular complexity index is 589. The van der Waals surface area contributed by atoms with Crippen LogP contribution in [0, 0.1) is 0 Å². The molecule has 1 aromatic rings. The molecule has 112 valence electrons. The standard InChI is InChI=1S/C14H14O7/c1-8(15)6-9-4-5-10-11(7-9)21-14(20-10,12(16)18-2)13(17)19-3/h4-5,7H,6H2,1-3H3. The van der Waals surface area contributed by atoms with Gasteiger partial charge in [0.1, 0.15) is 5.78 Å². The van der Waals surface area contributed by atoms with E-state index in [-0.39, 0.29) is 23.7 Å². The minimum Gasteiger partial charge on any atom is -0.463 e. The highest BCUT2D eigenvalue weighted by atomic mass is 16.8. The van der Waals surface area contributed by atoms with E-state index in [2.05, 4.69) is 9.47 Å². The fourth-order valence-electron chi connectivity index (χ4n) is 1.96. The van der Waals surface area contributed by atoms with E-state index in [0.717, 1.165) is 14.2 Å². The maximum atomic E-state index is 11.8. The number of Topliss-reactive ketones (excluding diaryl/α,β-unsaturated/α-hetero) is 1. The van der Waals surface area contributed by atoms with Crippen LogP contribution in [0.25, 0.3) is 0 Å². The third-order valence-corrected chi connectivity index (χ3v) is 2.88. The predicted molar refractivity (Wildman–Crippen MR) is 68.8 cm³/mol. The summed E-state index contributed by atoms with van der Waals surface area (Å²) < 4.78 is 19.7. The second-order valence-corrected chi connectivity index (χ2v) is 4.46. The van der Waals surface area contributed by atoms with Crippen LogP contribution in [0.1, 0.15) is 12.5 Å². The third-order valence-electron chi connectivity index (χ3n) is 2.88. The largest absolute Gasteiger partial charge is 0.463 e. The summed E-state index contributed by atoms with van der Waals surface area (Å²) in [5.74, 6) is -4.03. The number of esters is 2. The van der Waals surface area contributed by atoms with Gasteiger partial charge in [0.15, 0.2) is 11.5 Å². The van der Waals surface area contributed by atoms with Crippen LogP contribution >= 0.6 is 0 Å². The third kappa shape index (κ3) is 2.54. The first-order valence-corrected chi connectivity index (χ1v) is 6.10. The Morgan fingerprint density at radius 1 is 1.05 bits per heavy atom. The fraction of sp³-hybridized carbons (Fsp3) is 0.357. The molecular weight excluding hydrogens is 280 g/mol. The zero-order valence-electron chi connectivity index (χ0n) is 11.8. The summed E-state index contributed by atoms with van der Waals surface area (Å²) in [4.78, 5) is 34.8. The lowest BCUT2D eigenvalue weighted by Gasteiger charge is -2.21. The van der Waals surface area contributed by atoms with Gasteiger partial charge in [-0.05, 0) is 24.6 Å². The van der Waals surface area contributed by atoms with Gasteiger partial charge in [0.05, 0.1) is 14.2 Å². The Labute approximate surface area is 120 Å². The number of rotatable bonds is 4. The van der Waals surface area contributed by atoms with Gasteiger partial charge in [-0.25, -0.2) is 9.59 Å². The van der Waals surface area contributed by atoms with Gasteiger partial charge < -0.3 is 18.9 Å². The van der Waals surface area contributed by atoms with E-state index in [9.17, 15) is 14.4 Å². The molecular formula is C14H14O7. The van der Waals surface area contributed by atoms with Crippen molar-refractivity contribution in [2.45, 2.75) is 19.1 Å². The first-order valence-electron chi connectivity index (χ1n) is 6.10. The molecule has 0 atom stereocenters. The van der Waals surface area contributed by atoms with Crippen LogP contribution in [-0.2, 0) is 30.3 Å². The second-order valence-electron chi connectivity index (χ2n) is 4.46. The predicted octanol–water partition coefficient (Wildman–Crippen LogP) is 0.632. The first-order chi connectivity index (χ1) is 9.92. The Morgan fingerprint density at radius 3 is 2.14 bits per heavy atom. The number of fused-ring (bicyclic) bond motifs is 1. The number of benzene rings is 1. The summed E-state index contributed by atoms with van der Waals surface area (Å²) >= 11 is 0. The monoisotopic (exact) mass is 294 g/mol. The van der Waals surface area contributed by atoms with Crippen molar-refractivity contribution in [2.24, 2.45) is 0 Å². The number of methoxy groups -OCH3 is 2. The fourth-order valence-corrected chi connectivity index (χ4v) is 1.96. The van der Waals surface area contributed by atoms with Crippen molar-refractivity contribution in [3.05, 3.63) is 23.8 Å². The molecule has 0 unspecified atom stereocenters. The molecule has 21 heavy (non-hydrogen) atoms. The van der Waals surface area contributed by atoms with Crippen molar-refractivity contribution >= 4 is 17.7 Å². The van der Waals surface area contributed by atoms with Gasteiger partial charge in [-0.3, -0.25) is 4.79 Å². The minimum atomic E-state index is -2.30. The number of carbonyl (C=O) groups excluding carboxylic acids is 3. The van der Waals surface area contributed by atoms with Gasteiger partial charge in [-0.15, -0.1) is 0 Å². The van der Waals surface area contributed by atoms with Crippen molar-refractivity contribution < 1.29 is 33.3 Å². The molecule has 7 heteroatoms. The van der Waals surface area contributed by atoms with Crippen molar-refractivity contribution in [1.82, 2.24) is 0 Å². The van der Waals surface area contributed by atoms with E-state index in [0.29, 0.717) is 5.56 Å². The molecule has 0 bridgehead atoms. The SMILES string of the molecule is COC(=O)C1(C(=O)OC)Oc2ccc(CC(C)=O)cc2O1. The maximum absolute atomic E-state index is 11.8. The van der Waals surface area contributed by atoms with Crippen molar-refractivity contribution in [1.29, 1.82) is 0 Å². The topological polar surface area (TPSA) is 88.1 Å². The molecule has 0 saturated carbocycles. The molecule has 0 aromatic heterocycles. The molecule has 0 N–H and O–H groups in total. The summed E-state index contributed by atoms with van der Waals surface area (Å²) in [5, 5.41) is 0. The van der Waals surface area contributed by atoms with Crippen LogP contribution in [-0.4, -0.2) is 37.7 Å². The molecule has 7 nitrogen and oxygen atoms in total. The summed E-state index contributed by atoms with van der Waals surface area (Å²) in [6, 6.07) is 4.69. The lowest BCUT2D eigenvalue weighted by atomic mass is 10.1. The maximum Gasteiger partial charge on any atom is 0.453 e. The molecule has 1 aromatic carbocycles. The molecule has 0 radical (unpaired) electrons. The van der Waals surface area contributed by atoms with Gasteiger partial charge in [0.2, 0.25) is 0 Å². The minimum absolute atomic E-state index is 0.0268. The lowest BCUT2D eigenvalue weighted by molar-refractivity contribution is -0.199. The lowest BCUT2D eigenvalue weighted by Crippen LogP contribution is -2.55. The molecule has 1 heterocycles. The Morgan fingerprint density at radius 2 is 1.62 bits per heavy atom. The summed E-state index contributed by atoms with van der Waals surface area (Å²) in [7, 11) is 2.20. The number of carbonyl (C=O) groups is 3. The number of hydrogen-bond acceptors (Lipinski definition) is 7. The highest BCUT2D eigenvalue weighted by molar-refractivity contribution is 6.03. The van der Waals surface area contributed by atoms with Gasteiger partial charge >= 0.3 is 17.7 Å². The molecule has 0 amide bonds. The van der Waals surface area contributed by atoms with Crippen LogP contribution in [0.2, 0.25) is 0 Å². The zero-order valence-corrected chi connectivity index (χ0v) is 11.8. The Kier molecular flexibility index (Phi) is 3.84. The van der Waals surface area contributed by atoms with E-state index in [1.54, 1.807) is 6.07 Å². The van der Waals surface area contributed by atoms with Crippen molar-refractivity contribution in [2.75, 3.05) is 14.2 Å². The molecule has 1 aliphatic heterocycles. The van der Waals surface area contributed by atoms with E-state index in [1.807, 2.05) is 0 Å². The summed E-state index contributed by atoms with van der Waals surface area (Å²) in [5.41, 5.74) is 0.676. The number of ketones is 1. The van der Waals surface area contributed by atoms with E-state index in [4.69, 9.17) is 9.47 Å². The van der Waals surface area contributed by atoms with Crippen LogP contribution < -0.4 is 9.47 Å². The van der Waals surface area contributed by atoms with Crippen LogP contribution in [0.15, 0.2) is 18.2 Å². The smallest absolute Gasteiger partial charge is 0.453 e. The number of ether oxygens (including phenoxy) is 4. The summed E-state index contributed by atoms with van der Waals surface area (Å²) in [6.07, 6.45) is 0.208. The van der Waals surface area contributed by atoms with E-state index < -0.39 is 17.7 Å². The Balaban J connectivity index is 2.37. The molecule has 1 aliphatic rings. The normalized spacial score (nSPS) is 14.4. The molecule has 0 saturated heterocycles. The van der Waals surface area contributed by atoms with E-state index in [1.165, 1.54) is 19.1 Å². The Hall–Kier alpha value is -2.57. The molecule has 0 aliphatic carbocycles. The molecule has 2 rings (SSSR count). The molecule has 0 spiro atoms. The van der Waals surface area contributed by atoms with Crippen molar-refractivity contribution in [3.63, 3.8) is 0 Å². The first kappa shape index (κ1) is 14.8. The van der Waals surface area contributed by atoms with Gasteiger partial charge in [-0.2, -0.15) is 0 Å². The van der Waals surface area contributed by atoms with Crippen LogP contribution in [0.5, 0.6) is 11.5 Å². The zero-order chi connectivity index (χ0) is 15.6. The highest BCUT2D eigenvalue weighted by Crippen LogP contribution is 2.41. The van der Waals surface area contributed by atoms with Gasteiger partial charge in [-0.1, -0.05) is 6.07 Å². The van der Waals surface area contributed by atoms with Crippen molar-refractivity contribution in [3.8, 4) is 11.5 Å². The quantitative estimate of drug-likeness (QED) is 0.594. The van der Waals surface area contributed by atoms with E-state index >= 15 is 0 Å². The average Bonchev–Trinajstić information content (AvgIpc) is 2.84. The van der Waals surface area contributed by atoms with Crippen LogP contribution in [0.3, 0.4) is 0 Å². The van der Waals surface area contributed by atoms with Gasteiger partial charge in [0.25, 0.3) is 0 Å². The number of hydrogen-bond donors (Lipinski definition) is 0. The molecule has 0 fully saturated rings. The van der Waals surface area contributed by atoms with Crippen LogP contribution in [0.4, 0.5) is 0 Å².